The predicted octanol–water partition coefficient (Wildman–Crippen LogP) is 4.94. The molecule has 0 radical (unpaired) electrons. The van der Waals surface area contributed by atoms with Crippen molar-refractivity contribution in [1.82, 2.24) is 4.90 Å². The van der Waals surface area contributed by atoms with Gasteiger partial charge in [0.1, 0.15) is 19.0 Å². The Balaban J connectivity index is 1.19. The molecule has 1 aliphatic rings. The van der Waals surface area contributed by atoms with E-state index in [1.165, 1.54) is 11.3 Å². The smallest absolute Gasteiger partial charge is 0.339 e. The minimum atomic E-state index is -0.626. The van der Waals surface area contributed by atoms with Crippen molar-refractivity contribution < 1.29 is 23.8 Å². The molecule has 2 heterocycles. The Hall–Kier alpha value is -3.59. The van der Waals surface area contributed by atoms with E-state index in [4.69, 9.17) is 14.2 Å². The SMILES string of the molecule is CC(C)(C(=O)c1ccc(OCCOC(=O)c2cccc3sc4ccccc4c(=O)c23)cc1)N1CCOCC1. The van der Waals surface area contributed by atoms with Gasteiger partial charge >= 0.3 is 5.97 Å². The Kier molecular flexibility index (Phi) is 7.56. The summed E-state index contributed by atoms with van der Waals surface area (Å²) in [6.07, 6.45) is 0. The van der Waals surface area contributed by atoms with Crippen molar-refractivity contribution in [2.45, 2.75) is 19.4 Å². The third-order valence-corrected chi connectivity index (χ3v) is 8.02. The van der Waals surface area contributed by atoms with Crippen LogP contribution < -0.4 is 10.2 Å². The monoisotopic (exact) mass is 531 g/mol. The second-order valence-electron chi connectivity index (χ2n) is 9.60. The van der Waals surface area contributed by atoms with Gasteiger partial charge in [0.2, 0.25) is 0 Å². The maximum atomic E-state index is 13.1. The van der Waals surface area contributed by atoms with Gasteiger partial charge in [-0.3, -0.25) is 14.5 Å². The zero-order chi connectivity index (χ0) is 26.7. The van der Waals surface area contributed by atoms with E-state index in [1.807, 2.05) is 38.1 Å². The molecule has 7 nitrogen and oxygen atoms in total. The number of esters is 1. The van der Waals surface area contributed by atoms with E-state index in [9.17, 15) is 14.4 Å². The summed E-state index contributed by atoms with van der Waals surface area (Å²) in [7, 11) is 0. The molecule has 1 fully saturated rings. The van der Waals surface area contributed by atoms with Gasteiger partial charge < -0.3 is 14.2 Å². The van der Waals surface area contributed by atoms with E-state index >= 15 is 0 Å². The molecule has 0 spiro atoms. The van der Waals surface area contributed by atoms with E-state index in [2.05, 4.69) is 4.90 Å². The summed E-state index contributed by atoms with van der Waals surface area (Å²) in [5.74, 6) is 0.0496. The maximum Gasteiger partial charge on any atom is 0.339 e. The number of carbonyl (C=O) groups is 2. The average molecular weight is 532 g/mol. The van der Waals surface area contributed by atoms with Crippen LogP contribution in [0, 0.1) is 0 Å². The Morgan fingerprint density at radius 1 is 0.921 bits per heavy atom. The molecule has 1 aromatic heterocycles. The average Bonchev–Trinajstić information content (AvgIpc) is 2.95. The normalized spacial score (nSPS) is 14.5. The van der Waals surface area contributed by atoms with Gasteiger partial charge in [-0.15, -0.1) is 11.3 Å². The molecular formula is C30H29NO6S. The Morgan fingerprint density at radius 2 is 1.63 bits per heavy atom. The van der Waals surface area contributed by atoms with Crippen molar-refractivity contribution in [3.63, 3.8) is 0 Å². The lowest BCUT2D eigenvalue weighted by Crippen LogP contribution is -2.54. The summed E-state index contributed by atoms with van der Waals surface area (Å²) in [6, 6.07) is 19.6. The first kappa shape index (κ1) is 26.0. The highest BCUT2D eigenvalue weighted by Gasteiger charge is 2.35. The molecule has 38 heavy (non-hydrogen) atoms. The zero-order valence-corrected chi connectivity index (χ0v) is 22.2. The standard InChI is InChI=1S/C30H29NO6S/c1-30(2,31-14-16-35-17-15-31)28(33)20-10-12-21(13-11-20)36-18-19-37-29(34)23-7-5-9-25-26(23)27(32)22-6-3-4-8-24(22)38-25/h3-13H,14-19H2,1-2H3. The largest absolute Gasteiger partial charge is 0.490 e. The first-order valence-electron chi connectivity index (χ1n) is 12.6. The Morgan fingerprint density at radius 3 is 2.39 bits per heavy atom. The number of Topliss-reactive ketones (excluding diaryl/α,β-unsaturated/α-hetero) is 1. The molecule has 0 unspecified atom stereocenters. The number of benzene rings is 3. The number of hydrogen-bond donors (Lipinski definition) is 0. The number of ketones is 1. The summed E-state index contributed by atoms with van der Waals surface area (Å²) >= 11 is 1.47. The number of carbonyl (C=O) groups excluding carboxylic acids is 2. The maximum absolute atomic E-state index is 13.1. The summed E-state index contributed by atoms with van der Waals surface area (Å²) in [6.45, 7) is 6.75. The van der Waals surface area contributed by atoms with Crippen LogP contribution in [0.3, 0.4) is 0 Å². The van der Waals surface area contributed by atoms with E-state index < -0.39 is 11.5 Å². The highest BCUT2D eigenvalue weighted by Crippen LogP contribution is 2.27. The number of hydrogen-bond acceptors (Lipinski definition) is 8. The van der Waals surface area contributed by atoms with Gasteiger partial charge in [0.25, 0.3) is 0 Å². The summed E-state index contributed by atoms with van der Waals surface area (Å²) in [5, 5.41) is 0.964. The van der Waals surface area contributed by atoms with Gasteiger partial charge in [-0.1, -0.05) is 18.2 Å². The molecule has 4 aromatic rings. The predicted molar refractivity (Wildman–Crippen MR) is 149 cm³/mol. The zero-order valence-electron chi connectivity index (χ0n) is 21.4. The van der Waals surface area contributed by atoms with Crippen molar-refractivity contribution in [3.8, 4) is 5.75 Å². The van der Waals surface area contributed by atoms with Crippen LogP contribution in [0.4, 0.5) is 0 Å². The van der Waals surface area contributed by atoms with Crippen LogP contribution >= 0.6 is 11.3 Å². The van der Waals surface area contributed by atoms with Gasteiger partial charge in [0.05, 0.1) is 29.7 Å². The van der Waals surface area contributed by atoms with Crippen LogP contribution in [0.25, 0.3) is 20.2 Å². The summed E-state index contributed by atoms with van der Waals surface area (Å²) in [5.41, 5.74) is 0.0574. The van der Waals surface area contributed by atoms with Gasteiger partial charge in [-0.25, -0.2) is 4.79 Å². The van der Waals surface area contributed by atoms with Gasteiger partial charge in [-0.2, -0.15) is 0 Å². The highest BCUT2D eigenvalue weighted by atomic mass is 32.1. The topological polar surface area (TPSA) is 82.1 Å². The molecular weight excluding hydrogens is 502 g/mol. The van der Waals surface area contributed by atoms with Crippen LogP contribution in [0.5, 0.6) is 5.75 Å². The number of nitrogens with zero attached hydrogens (tertiary/aromatic N) is 1. The lowest BCUT2D eigenvalue weighted by atomic mass is 9.91. The molecule has 0 amide bonds. The number of rotatable bonds is 8. The van der Waals surface area contributed by atoms with Crippen LogP contribution in [0.15, 0.2) is 71.5 Å². The first-order valence-corrected chi connectivity index (χ1v) is 13.4. The lowest BCUT2D eigenvalue weighted by molar-refractivity contribution is -0.00430. The lowest BCUT2D eigenvalue weighted by Gasteiger charge is -2.39. The van der Waals surface area contributed by atoms with Crippen LogP contribution in [-0.2, 0) is 9.47 Å². The molecule has 0 aliphatic carbocycles. The fourth-order valence-corrected chi connectivity index (χ4v) is 5.82. The second kappa shape index (κ2) is 11.0. The fourth-order valence-electron chi connectivity index (χ4n) is 4.71. The second-order valence-corrected chi connectivity index (χ2v) is 10.7. The van der Waals surface area contributed by atoms with Crippen molar-refractivity contribution >= 4 is 43.3 Å². The third-order valence-electron chi connectivity index (χ3n) is 6.88. The van der Waals surface area contributed by atoms with Crippen LogP contribution in [-0.4, -0.2) is 61.7 Å². The number of ether oxygens (including phenoxy) is 3. The Bertz CT molecular complexity index is 1540. The molecule has 0 saturated carbocycles. The van der Waals surface area contributed by atoms with Crippen molar-refractivity contribution in [1.29, 1.82) is 0 Å². The van der Waals surface area contributed by atoms with Gasteiger partial charge in [0, 0.05) is 33.4 Å². The summed E-state index contributed by atoms with van der Waals surface area (Å²) < 4.78 is 18.2. The van der Waals surface area contributed by atoms with E-state index in [1.54, 1.807) is 42.5 Å². The highest BCUT2D eigenvalue weighted by molar-refractivity contribution is 7.24. The third kappa shape index (κ3) is 5.20. The molecule has 1 aliphatic heterocycles. The molecule has 8 heteroatoms. The fraction of sp³-hybridized carbons (Fsp3) is 0.300. The minimum Gasteiger partial charge on any atom is -0.490 e. The van der Waals surface area contributed by atoms with Crippen molar-refractivity contribution in [2.75, 3.05) is 39.5 Å². The van der Waals surface area contributed by atoms with Crippen LogP contribution in [0.1, 0.15) is 34.6 Å². The molecule has 5 rings (SSSR count). The molecule has 1 saturated heterocycles. The summed E-state index contributed by atoms with van der Waals surface area (Å²) in [4.78, 5) is 41.2. The molecule has 0 bridgehead atoms. The number of morpholine rings is 1. The van der Waals surface area contributed by atoms with E-state index in [-0.39, 0.29) is 30.0 Å². The Labute approximate surface area is 224 Å². The van der Waals surface area contributed by atoms with E-state index in [0.717, 1.165) is 22.5 Å². The van der Waals surface area contributed by atoms with Gasteiger partial charge in [0.15, 0.2) is 11.2 Å². The molecule has 3 aromatic carbocycles. The quantitative estimate of drug-likeness (QED) is 0.138. The first-order chi connectivity index (χ1) is 18.4. The molecule has 0 atom stereocenters. The van der Waals surface area contributed by atoms with Crippen LogP contribution in [0.2, 0.25) is 0 Å². The van der Waals surface area contributed by atoms with Crippen molar-refractivity contribution in [2.24, 2.45) is 0 Å². The number of fused-ring (bicyclic) bond motifs is 2. The van der Waals surface area contributed by atoms with Gasteiger partial charge in [-0.05, 0) is 62.4 Å². The minimum absolute atomic E-state index is 0.0190. The van der Waals surface area contributed by atoms with E-state index in [0.29, 0.717) is 35.3 Å². The molecule has 0 N–H and O–H groups in total. The van der Waals surface area contributed by atoms with Crippen molar-refractivity contribution in [3.05, 3.63) is 88.1 Å². The molecule has 196 valence electrons.